The minimum absolute atomic E-state index is 0.0389. The second-order valence-corrected chi connectivity index (χ2v) is 8.91. The Morgan fingerprint density at radius 3 is 2.30 bits per heavy atom. The predicted octanol–water partition coefficient (Wildman–Crippen LogP) is 5.44. The van der Waals surface area contributed by atoms with E-state index in [0.717, 1.165) is 16.5 Å². The molecule has 0 bridgehead atoms. The van der Waals surface area contributed by atoms with Crippen LogP contribution in [-0.4, -0.2) is 52.4 Å². The Kier molecular flexibility index (Phi) is 6.51. The molecule has 4 aromatic rings. The van der Waals surface area contributed by atoms with Crippen molar-refractivity contribution in [2.75, 3.05) is 18.0 Å². The average Bonchev–Trinajstić information content (AvgIpc) is 2.87. The Hall–Kier alpha value is -4.05. The van der Waals surface area contributed by atoms with Crippen LogP contribution in [-0.2, 0) is 9.53 Å². The van der Waals surface area contributed by atoms with Crippen molar-refractivity contribution < 1.29 is 27.4 Å². The van der Waals surface area contributed by atoms with E-state index in [1.807, 2.05) is 50.2 Å². The van der Waals surface area contributed by atoms with Gasteiger partial charge < -0.3 is 14.4 Å². The van der Waals surface area contributed by atoms with Crippen molar-refractivity contribution in [2.24, 2.45) is 0 Å². The van der Waals surface area contributed by atoms with Crippen LogP contribution in [0, 0.1) is 0 Å². The van der Waals surface area contributed by atoms with Gasteiger partial charge in [-0.15, -0.1) is 0 Å². The van der Waals surface area contributed by atoms with E-state index < -0.39 is 12.1 Å². The molecule has 0 unspecified atom stereocenters. The number of fused-ring (bicyclic) bond motifs is 1. The second kappa shape index (κ2) is 9.78. The molecular formula is C27H23F3N4O3. The molecule has 2 aromatic carbocycles. The van der Waals surface area contributed by atoms with Crippen LogP contribution >= 0.6 is 0 Å². The Bertz CT molecular complexity index is 1420. The third-order valence-corrected chi connectivity index (χ3v) is 5.91. The smallest absolute Gasteiger partial charge is 0.420 e. The fourth-order valence-corrected chi connectivity index (χ4v) is 4.35. The van der Waals surface area contributed by atoms with Gasteiger partial charge in [0, 0.05) is 35.8 Å². The summed E-state index contributed by atoms with van der Waals surface area (Å²) in [5.74, 6) is -1.94. The van der Waals surface area contributed by atoms with Gasteiger partial charge in [0.2, 0.25) is 5.95 Å². The lowest BCUT2D eigenvalue weighted by Crippen LogP contribution is -2.46. The van der Waals surface area contributed by atoms with Crippen LogP contribution in [0.1, 0.15) is 13.8 Å². The molecule has 37 heavy (non-hydrogen) atoms. The lowest BCUT2D eigenvalue weighted by Gasteiger charge is -2.35. The Balaban J connectivity index is 1.56. The molecule has 2 aromatic heterocycles. The lowest BCUT2D eigenvalue weighted by atomic mass is 9.98. The number of esters is 1. The number of anilines is 1. The van der Waals surface area contributed by atoms with Crippen LogP contribution in [0.5, 0.6) is 5.75 Å². The first-order chi connectivity index (χ1) is 17.7. The zero-order chi connectivity index (χ0) is 26.2. The quantitative estimate of drug-likeness (QED) is 0.268. The maximum Gasteiger partial charge on any atom is 0.491 e. The molecule has 1 aliphatic rings. The highest BCUT2D eigenvalue weighted by molar-refractivity contribution is 5.90. The van der Waals surface area contributed by atoms with Crippen molar-refractivity contribution in [1.82, 2.24) is 15.0 Å². The van der Waals surface area contributed by atoms with Gasteiger partial charge in [0.15, 0.2) is 5.65 Å². The average molecular weight is 509 g/mol. The van der Waals surface area contributed by atoms with Crippen LogP contribution in [0.25, 0.3) is 33.4 Å². The molecule has 0 radical (unpaired) electrons. The summed E-state index contributed by atoms with van der Waals surface area (Å²) >= 11 is 0. The van der Waals surface area contributed by atoms with Gasteiger partial charge in [-0.3, -0.25) is 0 Å². The number of ether oxygens (including phenoxy) is 2. The van der Waals surface area contributed by atoms with Crippen LogP contribution in [0.15, 0.2) is 66.9 Å². The van der Waals surface area contributed by atoms with Gasteiger partial charge in [0.05, 0.1) is 17.9 Å². The summed E-state index contributed by atoms with van der Waals surface area (Å²) in [6.45, 7) is 5.32. The summed E-state index contributed by atoms with van der Waals surface area (Å²) in [7, 11) is 0. The van der Waals surface area contributed by atoms with Crippen molar-refractivity contribution in [3.05, 3.63) is 66.9 Å². The number of benzene rings is 2. The zero-order valence-corrected chi connectivity index (χ0v) is 20.1. The van der Waals surface area contributed by atoms with E-state index in [0.29, 0.717) is 35.9 Å². The van der Waals surface area contributed by atoms with Gasteiger partial charge in [-0.1, -0.05) is 30.3 Å². The number of nitrogens with zero attached hydrogens (tertiary/aromatic N) is 4. The predicted molar refractivity (Wildman–Crippen MR) is 132 cm³/mol. The number of halogens is 3. The van der Waals surface area contributed by atoms with E-state index in [2.05, 4.69) is 14.6 Å². The maximum atomic E-state index is 12.6. The molecule has 1 fully saturated rings. The fourth-order valence-electron chi connectivity index (χ4n) is 4.35. The van der Waals surface area contributed by atoms with E-state index >= 15 is 0 Å². The molecule has 1 aliphatic heterocycles. The first-order valence-corrected chi connectivity index (χ1v) is 11.7. The maximum absolute atomic E-state index is 12.6. The van der Waals surface area contributed by atoms with Gasteiger partial charge in [-0.25, -0.2) is 14.8 Å². The van der Waals surface area contributed by atoms with Crippen LogP contribution in [0.4, 0.5) is 19.1 Å². The number of aromatic nitrogens is 3. The van der Waals surface area contributed by atoms with Gasteiger partial charge in [0.1, 0.15) is 5.75 Å². The van der Waals surface area contributed by atoms with Gasteiger partial charge in [0.25, 0.3) is 0 Å². The van der Waals surface area contributed by atoms with Gasteiger partial charge >= 0.3 is 12.1 Å². The van der Waals surface area contributed by atoms with Crippen LogP contribution in [0.3, 0.4) is 0 Å². The fraction of sp³-hybridized carbons (Fsp3) is 0.259. The third-order valence-electron chi connectivity index (χ3n) is 5.91. The highest BCUT2D eigenvalue weighted by Crippen LogP contribution is 2.34. The summed E-state index contributed by atoms with van der Waals surface area (Å²) in [6.07, 6.45) is -3.26. The standard InChI is InChI=1S/C27H23F3N4O3/c1-16-14-34(15-17(2)36-16)26-31-13-20-12-22(18-6-4-3-5-7-18)23(32-24(20)33-26)19-8-10-21(11-9-19)37-25(35)27(28,29)30/h3-13,16-17H,14-15H2,1-2H3/t16-,17+. The van der Waals surface area contributed by atoms with Crippen molar-refractivity contribution in [2.45, 2.75) is 32.2 Å². The van der Waals surface area contributed by atoms with Crippen molar-refractivity contribution in [3.8, 4) is 28.1 Å². The summed E-state index contributed by atoms with van der Waals surface area (Å²) in [5.41, 5.74) is 3.40. The zero-order valence-electron chi connectivity index (χ0n) is 20.1. The monoisotopic (exact) mass is 508 g/mol. The highest BCUT2D eigenvalue weighted by atomic mass is 19.4. The molecule has 0 spiro atoms. The molecule has 3 heterocycles. The largest absolute Gasteiger partial charge is 0.491 e. The molecule has 0 amide bonds. The number of hydrogen-bond donors (Lipinski definition) is 0. The molecule has 1 saturated heterocycles. The van der Waals surface area contributed by atoms with Crippen LogP contribution < -0.4 is 9.64 Å². The normalized spacial score (nSPS) is 18.1. The number of rotatable bonds is 4. The Morgan fingerprint density at radius 1 is 0.973 bits per heavy atom. The second-order valence-electron chi connectivity index (χ2n) is 8.91. The summed E-state index contributed by atoms with van der Waals surface area (Å²) in [6, 6.07) is 17.3. The minimum Gasteiger partial charge on any atom is -0.420 e. The van der Waals surface area contributed by atoms with E-state index in [1.165, 1.54) is 12.1 Å². The highest BCUT2D eigenvalue weighted by Gasteiger charge is 2.41. The molecule has 0 aliphatic carbocycles. The number of carbonyl (C=O) groups excluding carboxylic acids is 1. The number of pyridine rings is 1. The van der Waals surface area contributed by atoms with Crippen molar-refractivity contribution >= 4 is 23.0 Å². The molecule has 5 rings (SSSR count). The van der Waals surface area contributed by atoms with Crippen molar-refractivity contribution in [1.29, 1.82) is 0 Å². The summed E-state index contributed by atoms with van der Waals surface area (Å²) in [4.78, 5) is 27.4. The van der Waals surface area contributed by atoms with Gasteiger partial charge in [-0.2, -0.15) is 18.2 Å². The molecule has 190 valence electrons. The number of alkyl halides is 3. The number of morpholine rings is 1. The van der Waals surface area contributed by atoms with E-state index in [-0.39, 0.29) is 18.0 Å². The van der Waals surface area contributed by atoms with Crippen LogP contribution in [0.2, 0.25) is 0 Å². The van der Waals surface area contributed by atoms with Gasteiger partial charge in [-0.05, 0) is 49.7 Å². The molecule has 0 saturated carbocycles. The van der Waals surface area contributed by atoms with E-state index in [1.54, 1.807) is 18.3 Å². The minimum atomic E-state index is -5.08. The topological polar surface area (TPSA) is 77.4 Å². The summed E-state index contributed by atoms with van der Waals surface area (Å²) in [5, 5.41) is 0.747. The Labute approximate surface area is 210 Å². The SMILES string of the molecule is C[C@@H]1CN(c2ncc3cc(-c4ccccc4)c(-c4ccc(OC(=O)C(F)(F)F)cc4)nc3n2)C[C@H](C)O1. The Morgan fingerprint density at radius 2 is 1.65 bits per heavy atom. The molecular weight excluding hydrogens is 485 g/mol. The van der Waals surface area contributed by atoms with E-state index in [9.17, 15) is 18.0 Å². The first kappa shape index (κ1) is 24.6. The molecule has 7 nitrogen and oxygen atoms in total. The first-order valence-electron chi connectivity index (χ1n) is 11.7. The molecule has 2 atom stereocenters. The third kappa shape index (κ3) is 5.39. The van der Waals surface area contributed by atoms with Crippen molar-refractivity contribution in [3.63, 3.8) is 0 Å². The molecule has 0 N–H and O–H groups in total. The van der Waals surface area contributed by atoms with E-state index in [4.69, 9.17) is 14.7 Å². The number of hydrogen-bond acceptors (Lipinski definition) is 7. The lowest BCUT2D eigenvalue weighted by molar-refractivity contribution is -0.189. The molecule has 10 heteroatoms. The number of carbonyl (C=O) groups is 1. The summed E-state index contributed by atoms with van der Waals surface area (Å²) < 4.78 is 48.0.